The van der Waals surface area contributed by atoms with Crippen LogP contribution in [-0.2, 0) is 6.42 Å². The molecule has 2 aromatic heterocycles. The number of aromatic nitrogens is 2. The second-order valence-electron chi connectivity index (χ2n) is 4.58. The second kappa shape index (κ2) is 4.37. The fraction of sp³-hybridized carbons (Fsp3) is 0.462. The van der Waals surface area contributed by atoms with Crippen molar-refractivity contribution in [3.05, 3.63) is 23.9 Å². The Morgan fingerprint density at radius 3 is 3.18 bits per heavy atom. The molecule has 0 aliphatic carbocycles. The quantitative estimate of drug-likeness (QED) is 0.847. The Morgan fingerprint density at radius 2 is 2.41 bits per heavy atom. The lowest BCUT2D eigenvalue weighted by Gasteiger charge is -2.07. The third-order valence-electron chi connectivity index (χ3n) is 3.34. The van der Waals surface area contributed by atoms with E-state index in [2.05, 4.69) is 21.4 Å². The number of nitrogens with one attached hydrogen (secondary N) is 2. The molecule has 1 aliphatic rings. The number of hydrogen-bond donors (Lipinski definition) is 2. The molecule has 1 saturated heterocycles. The van der Waals surface area contributed by atoms with Crippen molar-refractivity contribution in [3.63, 3.8) is 0 Å². The molecule has 1 unspecified atom stereocenters. The van der Waals surface area contributed by atoms with Gasteiger partial charge in [-0.05, 0) is 31.5 Å². The van der Waals surface area contributed by atoms with E-state index in [-0.39, 0.29) is 0 Å². The smallest absolute Gasteiger partial charge is 0.213 e. The number of rotatable bonds is 3. The van der Waals surface area contributed by atoms with Crippen LogP contribution in [0.2, 0.25) is 0 Å². The minimum absolute atomic E-state index is 0.616. The number of hydrogen-bond acceptors (Lipinski definition) is 3. The van der Waals surface area contributed by atoms with Crippen LogP contribution in [0.4, 0.5) is 0 Å². The summed E-state index contributed by atoms with van der Waals surface area (Å²) in [4.78, 5) is 7.83. The third-order valence-corrected chi connectivity index (χ3v) is 3.34. The van der Waals surface area contributed by atoms with Gasteiger partial charge in [0.2, 0.25) is 5.88 Å². The van der Waals surface area contributed by atoms with E-state index in [1.165, 1.54) is 18.5 Å². The van der Waals surface area contributed by atoms with Crippen molar-refractivity contribution in [3.8, 4) is 5.88 Å². The first-order valence-electron chi connectivity index (χ1n) is 6.11. The fourth-order valence-electron chi connectivity index (χ4n) is 2.47. The molecule has 4 nitrogen and oxygen atoms in total. The Balaban J connectivity index is 1.85. The maximum Gasteiger partial charge on any atom is 0.213 e. The van der Waals surface area contributed by atoms with Crippen LogP contribution in [0.1, 0.15) is 18.5 Å². The molecule has 1 atom stereocenters. The maximum absolute atomic E-state index is 5.13. The normalized spacial score (nSPS) is 19.9. The minimum atomic E-state index is 0.616. The predicted molar refractivity (Wildman–Crippen MR) is 67.4 cm³/mol. The number of H-pyrrole nitrogens is 1. The molecule has 0 radical (unpaired) electrons. The van der Waals surface area contributed by atoms with Gasteiger partial charge in [-0.3, -0.25) is 0 Å². The zero-order chi connectivity index (χ0) is 11.7. The highest BCUT2D eigenvalue weighted by Gasteiger charge is 2.15. The van der Waals surface area contributed by atoms with Crippen molar-refractivity contribution < 1.29 is 4.74 Å². The average molecular weight is 231 g/mol. The first-order chi connectivity index (χ1) is 8.35. The standard InChI is InChI=1S/C13H17N3O/c1-17-13-5-4-11-12(16-13)8-10(15-11)7-9-3-2-6-14-9/h4-5,8-9,14-15H,2-3,6-7H2,1H3. The highest BCUT2D eigenvalue weighted by molar-refractivity contribution is 5.76. The van der Waals surface area contributed by atoms with Crippen molar-refractivity contribution in [2.24, 2.45) is 0 Å². The predicted octanol–water partition coefficient (Wildman–Crippen LogP) is 1.87. The van der Waals surface area contributed by atoms with E-state index in [1.807, 2.05) is 12.1 Å². The zero-order valence-corrected chi connectivity index (χ0v) is 9.99. The first kappa shape index (κ1) is 10.6. The van der Waals surface area contributed by atoms with Gasteiger partial charge in [-0.25, -0.2) is 4.98 Å². The summed E-state index contributed by atoms with van der Waals surface area (Å²) in [6.07, 6.45) is 3.61. The Bertz CT molecular complexity index is 514. The van der Waals surface area contributed by atoms with E-state index in [1.54, 1.807) is 7.11 Å². The van der Waals surface area contributed by atoms with Gasteiger partial charge in [-0.1, -0.05) is 0 Å². The van der Waals surface area contributed by atoms with Crippen LogP contribution in [0.5, 0.6) is 5.88 Å². The number of fused-ring (bicyclic) bond motifs is 1. The molecular weight excluding hydrogens is 214 g/mol. The van der Waals surface area contributed by atoms with Gasteiger partial charge in [0.05, 0.1) is 18.1 Å². The van der Waals surface area contributed by atoms with Gasteiger partial charge < -0.3 is 15.0 Å². The maximum atomic E-state index is 5.13. The van der Waals surface area contributed by atoms with Crippen LogP contribution in [0, 0.1) is 0 Å². The molecule has 0 aromatic carbocycles. The van der Waals surface area contributed by atoms with Crippen LogP contribution >= 0.6 is 0 Å². The van der Waals surface area contributed by atoms with Crippen LogP contribution in [0.3, 0.4) is 0 Å². The lowest BCUT2D eigenvalue weighted by atomic mass is 10.1. The van der Waals surface area contributed by atoms with Crippen molar-refractivity contribution in [2.75, 3.05) is 13.7 Å². The van der Waals surface area contributed by atoms with Crippen LogP contribution in [0.15, 0.2) is 18.2 Å². The van der Waals surface area contributed by atoms with Gasteiger partial charge in [0.1, 0.15) is 0 Å². The third kappa shape index (κ3) is 2.13. The molecule has 1 aliphatic heterocycles. The summed E-state index contributed by atoms with van der Waals surface area (Å²) in [7, 11) is 1.64. The first-order valence-corrected chi connectivity index (χ1v) is 6.11. The van der Waals surface area contributed by atoms with E-state index in [0.717, 1.165) is 24.0 Å². The summed E-state index contributed by atoms with van der Waals surface area (Å²) in [6, 6.07) is 6.64. The SMILES string of the molecule is COc1ccc2[nH]c(CC3CCCN3)cc2n1. The Morgan fingerprint density at radius 1 is 1.47 bits per heavy atom. The lowest BCUT2D eigenvalue weighted by Crippen LogP contribution is -2.23. The summed E-state index contributed by atoms with van der Waals surface area (Å²) >= 11 is 0. The highest BCUT2D eigenvalue weighted by atomic mass is 16.5. The molecule has 2 N–H and O–H groups in total. The summed E-state index contributed by atoms with van der Waals surface area (Å²) in [5.74, 6) is 0.669. The molecule has 1 fully saturated rings. The number of methoxy groups -OCH3 is 1. The summed E-state index contributed by atoms with van der Waals surface area (Å²) < 4.78 is 5.13. The number of ether oxygens (including phenoxy) is 1. The topological polar surface area (TPSA) is 49.9 Å². The number of nitrogens with zero attached hydrogens (tertiary/aromatic N) is 1. The molecule has 2 aromatic rings. The van der Waals surface area contributed by atoms with Gasteiger partial charge in [0.15, 0.2) is 0 Å². The zero-order valence-electron chi connectivity index (χ0n) is 9.99. The van der Waals surface area contributed by atoms with Crippen LogP contribution in [-0.4, -0.2) is 29.7 Å². The van der Waals surface area contributed by atoms with Gasteiger partial charge in [0, 0.05) is 24.2 Å². The van der Waals surface area contributed by atoms with E-state index in [9.17, 15) is 0 Å². The number of pyridine rings is 1. The molecule has 17 heavy (non-hydrogen) atoms. The van der Waals surface area contributed by atoms with Crippen molar-refractivity contribution in [1.82, 2.24) is 15.3 Å². The van der Waals surface area contributed by atoms with Crippen LogP contribution < -0.4 is 10.1 Å². The van der Waals surface area contributed by atoms with E-state index >= 15 is 0 Å². The summed E-state index contributed by atoms with van der Waals surface area (Å²) in [6.45, 7) is 1.15. The monoisotopic (exact) mass is 231 g/mol. The van der Waals surface area contributed by atoms with E-state index < -0.39 is 0 Å². The molecule has 0 bridgehead atoms. The van der Waals surface area contributed by atoms with Gasteiger partial charge in [-0.15, -0.1) is 0 Å². The molecular formula is C13H17N3O. The highest BCUT2D eigenvalue weighted by Crippen LogP contribution is 2.19. The van der Waals surface area contributed by atoms with Crippen molar-refractivity contribution in [1.29, 1.82) is 0 Å². The summed E-state index contributed by atoms with van der Waals surface area (Å²) in [5.41, 5.74) is 3.32. The molecule has 0 saturated carbocycles. The fourth-order valence-corrected chi connectivity index (χ4v) is 2.47. The van der Waals surface area contributed by atoms with Gasteiger partial charge in [-0.2, -0.15) is 0 Å². The van der Waals surface area contributed by atoms with Crippen molar-refractivity contribution in [2.45, 2.75) is 25.3 Å². The Hall–Kier alpha value is -1.55. The molecule has 0 amide bonds. The van der Waals surface area contributed by atoms with Crippen LogP contribution in [0.25, 0.3) is 11.0 Å². The molecule has 0 spiro atoms. The molecule has 4 heteroatoms. The largest absolute Gasteiger partial charge is 0.481 e. The Kier molecular flexibility index (Phi) is 2.73. The van der Waals surface area contributed by atoms with Crippen molar-refractivity contribution >= 4 is 11.0 Å². The lowest BCUT2D eigenvalue weighted by molar-refractivity contribution is 0.399. The summed E-state index contributed by atoms with van der Waals surface area (Å²) in [5, 5.41) is 3.51. The van der Waals surface area contributed by atoms with E-state index in [0.29, 0.717) is 11.9 Å². The second-order valence-corrected chi connectivity index (χ2v) is 4.58. The minimum Gasteiger partial charge on any atom is -0.481 e. The van der Waals surface area contributed by atoms with Gasteiger partial charge in [0.25, 0.3) is 0 Å². The molecule has 90 valence electrons. The van der Waals surface area contributed by atoms with Gasteiger partial charge >= 0.3 is 0 Å². The number of aromatic amines is 1. The Labute approximate surface area is 100 Å². The molecule has 3 rings (SSSR count). The molecule has 3 heterocycles. The van der Waals surface area contributed by atoms with E-state index in [4.69, 9.17) is 4.74 Å². The average Bonchev–Trinajstić information content (AvgIpc) is 2.96.